The van der Waals surface area contributed by atoms with Gasteiger partial charge in [0.1, 0.15) is 11.4 Å². The van der Waals surface area contributed by atoms with Gasteiger partial charge >= 0.3 is 6.09 Å². The van der Waals surface area contributed by atoms with Crippen LogP contribution in [0.1, 0.15) is 84.3 Å². The van der Waals surface area contributed by atoms with Gasteiger partial charge in [-0.1, -0.05) is 32.1 Å². The van der Waals surface area contributed by atoms with Crippen molar-refractivity contribution >= 4 is 24.0 Å². The summed E-state index contributed by atoms with van der Waals surface area (Å²) in [6.07, 6.45) is 8.72. The molecule has 0 radical (unpaired) electrons. The van der Waals surface area contributed by atoms with E-state index >= 15 is 0 Å². The molecule has 0 unspecified atom stereocenters. The van der Waals surface area contributed by atoms with Crippen molar-refractivity contribution in [1.82, 2.24) is 15.1 Å². The third-order valence-electron chi connectivity index (χ3n) is 7.78. The van der Waals surface area contributed by atoms with E-state index in [0.29, 0.717) is 32.0 Å². The summed E-state index contributed by atoms with van der Waals surface area (Å²) in [6, 6.07) is 6.19. The van der Waals surface area contributed by atoms with Gasteiger partial charge in [0.2, 0.25) is 11.8 Å². The van der Waals surface area contributed by atoms with E-state index in [1.807, 2.05) is 37.8 Å². The van der Waals surface area contributed by atoms with Crippen LogP contribution >= 0.6 is 0 Å². The monoisotopic (exact) mass is 599 g/mol. The van der Waals surface area contributed by atoms with Crippen molar-refractivity contribution in [2.45, 2.75) is 91.3 Å². The number of nitrogens with zero attached hydrogens (tertiary/aromatic N) is 2. The molecular formula is C34H53N3O6. The van der Waals surface area contributed by atoms with Gasteiger partial charge < -0.3 is 29.3 Å². The van der Waals surface area contributed by atoms with Crippen LogP contribution in [0.2, 0.25) is 0 Å². The van der Waals surface area contributed by atoms with Crippen molar-refractivity contribution < 1.29 is 28.6 Å². The first kappa shape index (κ1) is 34.4. The summed E-state index contributed by atoms with van der Waals surface area (Å²) >= 11 is 0. The zero-order valence-corrected chi connectivity index (χ0v) is 27.3. The largest absolute Gasteiger partial charge is 0.496 e. The predicted octanol–water partition coefficient (Wildman–Crippen LogP) is 5.66. The number of carbonyl (C=O) groups is 3. The van der Waals surface area contributed by atoms with Crippen molar-refractivity contribution in [3.05, 3.63) is 35.4 Å². The minimum atomic E-state index is -0.673. The fourth-order valence-electron chi connectivity index (χ4n) is 5.34. The number of hydrogen-bond donors (Lipinski definition) is 1. The fourth-order valence-corrected chi connectivity index (χ4v) is 5.34. The van der Waals surface area contributed by atoms with Crippen LogP contribution in [0.5, 0.6) is 5.75 Å². The summed E-state index contributed by atoms with van der Waals surface area (Å²) in [6.45, 7) is 11.9. The van der Waals surface area contributed by atoms with E-state index in [1.165, 1.54) is 0 Å². The van der Waals surface area contributed by atoms with E-state index in [0.717, 1.165) is 49.0 Å². The van der Waals surface area contributed by atoms with Crippen LogP contribution in [0, 0.1) is 17.8 Å². The Morgan fingerprint density at radius 3 is 2.47 bits per heavy atom. The van der Waals surface area contributed by atoms with Crippen LogP contribution in [0.4, 0.5) is 4.79 Å². The Balaban J connectivity index is 1.79. The molecule has 3 amide bonds. The lowest BCUT2D eigenvalue weighted by molar-refractivity contribution is -0.140. The first-order chi connectivity index (χ1) is 20.4. The number of carbonyl (C=O) groups excluding carboxylic acids is 3. The molecule has 1 heterocycles. The lowest BCUT2D eigenvalue weighted by atomic mass is 9.87. The molecular weight excluding hydrogens is 546 g/mol. The Labute approximate surface area is 258 Å². The number of unbranched alkanes of at least 4 members (excludes halogenated alkanes) is 1. The van der Waals surface area contributed by atoms with E-state index in [9.17, 15) is 14.4 Å². The highest BCUT2D eigenvalue weighted by Crippen LogP contribution is 2.34. The smallest absolute Gasteiger partial charge is 0.410 e. The van der Waals surface area contributed by atoms with E-state index in [4.69, 9.17) is 14.2 Å². The molecule has 2 fully saturated rings. The lowest BCUT2D eigenvalue weighted by Crippen LogP contribution is -2.53. The second-order valence-electron chi connectivity index (χ2n) is 13.3. The highest BCUT2D eigenvalue weighted by Gasteiger charge is 2.42. The number of nitrogens with one attached hydrogen (secondary N) is 1. The second kappa shape index (κ2) is 16.1. The quantitative estimate of drug-likeness (QED) is 0.277. The molecule has 0 bridgehead atoms. The van der Waals surface area contributed by atoms with E-state index in [-0.39, 0.29) is 30.9 Å². The Morgan fingerprint density at radius 2 is 1.84 bits per heavy atom. The van der Waals surface area contributed by atoms with E-state index in [2.05, 4.69) is 37.4 Å². The minimum Gasteiger partial charge on any atom is -0.496 e. The molecule has 9 nitrogen and oxygen atoms in total. The standard InChI is InChI=1S/C34H53N3O6/c1-24(2)16-17-35-31(38)27-20-28(23-36(22-27)33(40)43-34(3,4)5)32(39)37(29-13-14-29)21-25-12-15-30(42-7)26(19-25)11-9-8-10-18-41-6/h9,11-12,15,19,24,27-29H,8,10,13-14,16-18,20-23H2,1-7H3,(H,35,38)/t27-,28-/m0/s1. The number of piperidine rings is 1. The van der Waals surface area contributed by atoms with Crippen LogP contribution in [0.15, 0.2) is 24.3 Å². The minimum absolute atomic E-state index is 0.0109. The van der Waals surface area contributed by atoms with E-state index in [1.54, 1.807) is 19.1 Å². The molecule has 1 aromatic rings. The number of amides is 3. The van der Waals surface area contributed by atoms with Gasteiger partial charge in [-0.25, -0.2) is 4.79 Å². The van der Waals surface area contributed by atoms with Gasteiger partial charge in [0, 0.05) is 51.5 Å². The van der Waals surface area contributed by atoms with Crippen LogP contribution in [-0.2, 0) is 25.6 Å². The number of likely N-dealkylation sites (tertiary alicyclic amines) is 1. The maximum absolute atomic E-state index is 14.2. The molecule has 240 valence electrons. The summed E-state index contributed by atoms with van der Waals surface area (Å²) < 4.78 is 16.4. The van der Waals surface area contributed by atoms with Gasteiger partial charge in [-0.3, -0.25) is 9.59 Å². The highest BCUT2D eigenvalue weighted by molar-refractivity contribution is 5.84. The molecule has 1 N–H and O–H groups in total. The maximum atomic E-state index is 14.2. The van der Waals surface area contributed by atoms with Gasteiger partial charge in [0.25, 0.3) is 0 Å². The fraction of sp³-hybridized carbons (Fsp3) is 0.676. The summed E-state index contributed by atoms with van der Waals surface area (Å²) in [4.78, 5) is 44.0. The summed E-state index contributed by atoms with van der Waals surface area (Å²) in [5.74, 6) is 0.170. The number of benzene rings is 1. The molecule has 43 heavy (non-hydrogen) atoms. The van der Waals surface area contributed by atoms with Crippen molar-refractivity contribution in [1.29, 1.82) is 0 Å². The van der Waals surface area contributed by atoms with Gasteiger partial charge in [0.05, 0.1) is 18.9 Å². The summed E-state index contributed by atoms with van der Waals surface area (Å²) in [5.41, 5.74) is 1.31. The Bertz CT molecular complexity index is 1110. The first-order valence-corrected chi connectivity index (χ1v) is 15.8. The van der Waals surface area contributed by atoms with Crippen LogP contribution in [0.3, 0.4) is 0 Å². The molecule has 3 rings (SSSR count). The Hall–Kier alpha value is -3.07. The van der Waals surface area contributed by atoms with Crippen molar-refractivity contribution in [2.75, 3.05) is 40.5 Å². The maximum Gasteiger partial charge on any atom is 0.410 e. The van der Waals surface area contributed by atoms with Gasteiger partial charge in [0.15, 0.2) is 0 Å². The van der Waals surface area contributed by atoms with Gasteiger partial charge in [-0.2, -0.15) is 0 Å². The van der Waals surface area contributed by atoms with Crippen LogP contribution < -0.4 is 10.1 Å². The molecule has 9 heteroatoms. The number of hydrogen-bond acceptors (Lipinski definition) is 6. The highest BCUT2D eigenvalue weighted by atomic mass is 16.6. The number of ether oxygens (including phenoxy) is 3. The Kier molecular flexibility index (Phi) is 12.9. The number of rotatable bonds is 14. The zero-order valence-electron chi connectivity index (χ0n) is 27.3. The lowest BCUT2D eigenvalue weighted by Gasteiger charge is -2.39. The normalized spacial score (nSPS) is 19.0. The molecule has 0 spiro atoms. The zero-order chi connectivity index (χ0) is 31.6. The average Bonchev–Trinajstić information content (AvgIpc) is 3.79. The van der Waals surface area contributed by atoms with Crippen molar-refractivity contribution in [3.8, 4) is 5.75 Å². The van der Waals surface area contributed by atoms with Gasteiger partial charge in [-0.05, 0) is 82.9 Å². The molecule has 1 saturated heterocycles. The topological polar surface area (TPSA) is 97.4 Å². The Morgan fingerprint density at radius 1 is 1.12 bits per heavy atom. The average molecular weight is 600 g/mol. The second-order valence-corrected chi connectivity index (χ2v) is 13.3. The summed E-state index contributed by atoms with van der Waals surface area (Å²) in [5, 5.41) is 3.03. The number of allylic oxidation sites excluding steroid dienone is 1. The molecule has 1 aliphatic carbocycles. The molecule has 2 aliphatic rings. The van der Waals surface area contributed by atoms with Crippen LogP contribution in [-0.4, -0.2) is 79.8 Å². The third kappa shape index (κ3) is 11.2. The first-order valence-electron chi connectivity index (χ1n) is 15.8. The van der Waals surface area contributed by atoms with Crippen LogP contribution in [0.25, 0.3) is 6.08 Å². The SMILES string of the molecule is COCCCC=Cc1cc(CN(C(=O)[C@H]2C[C@H](C(=O)NCCC(C)C)CN(C(=O)OC(C)(C)C)C2)C2CC2)ccc1OC. The molecule has 1 aliphatic heterocycles. The predicted molar refractivity (Wildman–Crippen MR) is 169 cm³/mol. The summed E-state index contributed by atoms with van der Waals surface area (Å²) in [7, 11) is 3.36. The molecule has 0 aromatic heterocycles. The molecule has 1 aromatic carbocycles. The van der Waals surface area contributed by atoms with Crippen molar-refractivity contribution in [3.63, 3.8) is 0 Å². The number of methoxy groups -OCH3 is 2. The molecule has 1 saturated carbocycles. The van der Waals surface area contributed by atoms with Crippen molar-refractivity contribution in [2.24, 2.45) is 17.8 Å². The van der Waals surface area contributed by atoms with Gasteiger partial charge in [-0.15, -0.1) is 0 Å². The third-order valence-corrected chi connectivity index (χ3v) is 7.78. The molecule has 2 atom stereocenters. The van der Waals surface area contributed by atoms with E-state index < -0.39 is 23.5 Å².